The van der Waals surface area contributed by atoms with E-state index in [-0.39, 0.29) is 0 Å². The average Bonchev–Trinajstić information content (AvgIpc) is 2.76. The van der Waals surface area contributed by atoms with E-state index in [0.717, 1.165) is 16.7 Å². The van der Waals surface area contributed by atoms with E-state index in [9.17, 15) is 0 Å². The molecule has 1 unspecified atom stereocenters. The Hall–Kier alpha value is -1.22. The van der Waals surface area contributed by atoms with E-state index in [1.54, 1.807) is 6.26 Å². The van der Waals surface area contributed by atoms with Crippen LogP contribution in [0, 0.1) is 6.92 Å². The molecule has 0 saturated carbocycles. The topological polar surface area (TPSA) is 25.2 Å². The zero-order chi connectivity index (χ0) is 12.3. The van der Waals surface area contributed by atoms with Gasteiger partial charge in [0.25, 0.3) is 0 Å². The van der Waals surface area contributed by atoms with E-state index in [4.69, 9.17) is 4.42 Å². The Morgan fingerprint density at radius 2 is 2.18 bits per heavy atom. The number of nitrogens with one attached hydrogen (secondary N) is 1. The van der Waals surface area contributed by atoms with E-state index in [0.29, 0.717) is 6.04 Å². The Morgan fingerprint density at radius 3 is 2.88 bits per heavy atom. The van der Waals surface area contributed by atoms with Crippen LogP contribution in [0.15, 0.2) is 45.5 Å². The van der Waals surface area contributed by atoms with Crippen molar-refractivity contribution >= 4 is 21.6 Å². The fourth-order valence-electron chi connectivity index (χ4n) is 1.80. The van der Waals surface area contributed by atoms with Crippen molar-refractivity contribution in [1.82, 2.24) is 0 Å². The van der Waals surface area contributed by atoms with E-state index in [1.165, 1.54) is 11.3 Å². The van der Waals surface area contributed by atoms with Crippen LogP contribution in [-0.4, -0.2) is 6.04 Å². The largest absolute Gasteiger partial charge is 0.469 e. The first-order chi connectivity index (χ1) is 8.15. The quantitative estimate of drug-likeness (QED) is 0.904. The molecule has 90 valence electrons. The first kappa shape index (κ1) is 12.2. The maximum atomic E-state index is 5.35. The minimum absolute atomic E-state index is 0.342. The summed E-state index contributed by atoms with van der Waals surface area (Å²) in [6.07, 6.45) is 2.60. The van der Waals surface area contributed by atoms with E-state index < -0.39 is 0 Å². The molecule has 1 aromatic carbocycles. The summed E-state index contributed by atoms with van der Waals surface area (Å²) >= 11 is 3.49. The Kier molecular flexibility index (Phi) is 3.89. The van der Waals surface area contributed by atoms with Crippen LogP contribution < -0.4 is 5.32 Å². The first-order valence-electron chi connectivity index (χ1n) is 5.70. The highest BCUT2D eigenvalue weighted by Gasteiger charge is 2.07. The lowest BCUT2D eigenvalue weighted by atomic mass is 10.1. The molecule has 0 fully saturated rings. The predicted molar refractivity (Wildman–Crippen MR) is 74.4 cm³/mol. The molecule has 2 rings (SSSR count). The molecule has 1 atom stereocenters. The van der Waals surface area contributed by atoms with Gasteiger partial charge in [-0.1, -0.05) is 22.0 Å². The Balaban J connectivity index is 2.02. The van der Waals surface area contributed by atoms with Gasteiger partial charge in [-0.2, -0.15) is 0 Å². The average molecular weight is 294 g/mol. The van der Waals surface area contributed by atoms with Crippen molar-refractivity contribution in [2.24, 2.45) is 0 Å². The third-order valence-electron chi connectivity index (χ3n) is 2.69. The van der Waals surface area contributed by atoms with E-state index in [2.05, 4.69) is 53.3 Å². The van der Waals surface area contributed by atoms with Gasteiger partial charge in [0.2, 0.25) is 0 Å². The molecule has 0 saturated heterocycles. The summed E-state index contributed by atoms with van der Waals surface area (Å²) in [6, 6.07) is 10.5. The molecule has 0 radical (unpaired) electrons. The van der Waals surface area contributed by atoms with Gasteiger partial charge in [0.15, 0.2) is 0 Å². The van der Waals surface area contributed by atoms with Crippen LogP contribution in [-0.2, 0) is 6.42 Å². The van der Waals surface area contributed by atoms with Crippen molar-refractivity contribution in [3.63, 3.8) is 0 Å². The third-order valence-corrected chi connectivity index (χ3v) is 3.18. The highest BCUT2D eigenvalue weighted by atomic mass is 79.9. The molecule has 2 nitrogen and oxygen atoms in total. The summed E-state index contributed by atoms with van der Waals surface area (Å²) in [5, 5.41) is 3.50. The van der Waals surface area contributed by atoms with Crippen molar-refractivity contribution in [3.05, 3.63) is 52.4 Å². The van der Waals surface area contributed by atoms with Crippen LogP contribution in [0.1, 0.15) is 18.2 Å². The van der Waals surface area contributed by atoms with Gasteiger partial charge in [-0.15, -0.1) is 0 Å². The summed E-state index contributed by atoms with van der Waals surface area (Å²) < 4.78 is 6.44. The fourth-order valence-corrected chi connectivity index (χ4v) is 2.16. The molecule has 3 heteroatoms. The van der Waals surface area contributed by atoms with Gasteiger partial charge < -0.3 is 9.73 Å². The lowest BCUT2D eigenvalue weighted by Crippen LogP contribution is -2.18. The summed E-state index contributed by atoms with van der Waals surface area (Å²) in [5.74, 6) is 1.01. The minimum atomic E-state index is 0.342. The van der Waals surface area contributed by atoms with E-state index in [1.807, 2.05) is 12.1 Å². The maximum Gasteiger partial charge on any atom is 0.105 e. The molecular weight excluding hydrogens is 278 g/mol. The zero-order valence-corrected chi connectivity index (χ0v) is 11.6. The first-order valence-corrected chi connectivity index (χ1v) is 6.49. The van der Waals surface area contributed by atoms with Crippen LogP contribution in [0.2, 0.25) is 0 Å². The number of hydrogen-bond acceptors (Lipinski definition) is 2. The van der Waals surface area contributed by atoms with E-state index >= 15 is 0 Å². The molecule has 0 bridgehead atoms. The van der Waals surface area contributed by atoms with Crippen LogP contribution >= 0.6 is 15.9 Å². The monoisotopic (exact) mass is 293 g/mol. The summed E-state index contributed by atoms with van der Waals surface area (Å²) in [5.41, 5.74) is 2.41. The van der Waals surface area contributed by atoms with Crippen LogP contribution in [0.25, 0.3) is 0 Å². The van der Waals surface area contributed by atoms with Crippen LogP contribution in [0.5, 0.6) is 0 Å². The van der Waals surface area contributed by atoms with Crippen molar-refractivity contribution in [2.45, 2.75) is 26.3 Å². The smallest absolute Gasteiger partial charge is 0.105 e. The van der Waals surface area contributed by atoms with Crippen molar-refractivity contribution in [1.29, 1.82) is 0 Å². The number of furan rings is 1. The Bertz CT molecular complexity index is 479. The SMILES string of the molecule is Cc1ccc(Br)cc1NC(C)Cc1ccco1. The van der Waals surface area contributed by atoms with Gasteiger partial charge in [-0.25, -0.2) is 0 Å². The standard InChI is InChI=1S/C14H16BrNO/c1-10-5-6-12(15)9-14(10)16-11(2)8-13-4-3-7-17-13/h3-7,9,11,16H,8H2,1-2H3. The third kappa shape index (κ3) is 3.37. The lowest BCUT2D eigenvalue weighted by molar-refractivity contribution is 0.497. The molecule has 1 heterocycles. The van der Waals surface area contributed by atoms with Gasteiger partial charge in [0.1, 0.15) is 5.76 Å². The minimum Gasteiger partial charge on any atom is -0.469 e. The molecule has 1 N–H and O–H groups in total. The molecule has 0 aliphatic rings. The lowest BCUT2D eigenvalue weighted by Gasteiger charge is -2.16. The molecule has 0 spiro atoms. The molecule has 0 aliphatic carbocycles. The highest BCUT2D eigenvalue weighted by Crippen LogP contribution is 2.21. The molecule has 1 aromatic heterocycles. The maximum absolute atomic E-state index is 5.35. The Morgan fingerprint density at radius 1 is 1.35 bits per heavy atom. The summed E-state index contributed by atoms with van der Waals surface area (Å²) in [6.45, 7) is 4.26. The van der Waals surface area contributed by atoms with Crippen molar-refractivity contribution in [2.75, 3.05) is 5.32 Å². The summed E-state index contributed by atoms with van der Waals surface area (Å²) in [4.78, 5) is 0. The van der Waals surface area contributed by atoms with Gasteiger partial charge in [-0.05, 0) is 43.7 Å². The second-order valence-electron chi connectivity index (χ2n) is 4.29. The number of benzene rings is 1. The number of hydrogen-bond donors (Lipinski definition) is 1. The van der Waals surface area contributed by atoms with Gasteiger partial charge in [0.05, 0.1) is 6.26 Å². The van der Waals surface area contributed by atoms with Crippen molar-refractivity contribution in [3.8, 4) is 0 Å². The van der Waals surface area contributed by atoms with Crippen LogP contribution in [0.4, 0.5) is 5.69 Å². The number of aryl methyl sites for hydroxylation is 1. The number of rotatable bonds is 4. The number of halogens is 1. The van der Waals surface area contributed by atoms with Gasteiger partial charge >= 0.3 is 0 Å². The Labute approximate surface area is 110 Å². The molecule has 2 aromatic rings. The van der Waals surface area contributed by atoms with Crippen LogP contribution in [0.3, 0.4) is 0 Å². The van der Waals surface area contributed by atoms with Gasteiger partial charge in [0, 0.05) is 22.6 Å². The second-order valence-corrected chi connectivity index (χ2v) is 5.20. The predicted octanol–water partition coefficient (Wildman–Crippen LogP) is 4.39. The molecule has 0 amide bonds. The number of anilines is 1. The highest BCUT2D eigenvalue weighted by molar-refractivity contribution is 9.10. The van der Waals surface area contributed by atoms with Gasteiger partial charge in [-0.3, -0.25) is 0 Å². The zero-order valence-electron chi connectivity index (χ0n) is 10.0. The summed E-state index contributed by atoms with van der Waals surface area (Å²) in [7, 11) is 0. The second kappa shape index (κ2) is 5.41. The fraction of sp³-hybridized carbons (Fsp3) is 0.286. The molecule has 17 heavy (non-hydrogen) atoms. The molecule has 0 aliphatic heterocycles. The normalized spacial score (nSPS) is 12.4. The van der Waals surface area contributed by atoms with Crippen molar-refractivity contribution < 1.29 is 4.42 Å². The molecular formula is C14H16BrNO.